The molecule has 1 aromatic rings. The lowest BCUT2D eigenvalue weighted by Crippen LogP contribution is -2.23. The van der Waals surface area contributed by atoms with Crippen LogP contribution in [0.25, 0.3) is 0 Å². The van der Waals surface area contributed by atoms with Gasteiger partial charge in [0.2, 0.25) is 5.13 Å². The summed E-state index contributed by atoms with van der Waals surface area (Å²) in [6, 6.07) is 0.790. The molecular weight excluding hydrogens is 184 g/mol. The highest BCUT2D eigenvalue weighted by Crippen LogP contribution is 2.18. The monoisotopic (exact) mass is 198 g/mol. The number of nitrogens with zero attached hydrogens (tertiary/aromatic N) is 2. The minimum Gasteiger partial charge on any atom is -0.359 e. The van der Waals surface area contributed by atoms with Gasteiger partial charge in [0.15, 0.2) is 0 Å². The summed E-state index contributed by atoms with van der Waals surface area (Å²) in [5.74, 6) is 0. The molecule has 0 spiro atoms. The van der Waals surface area contributed by atoms with Gasteiger partial charge in [-0.25, -0.2) is 0 Å². The van der Waals surface area contributed by atoms with E-state index in [0.29, 0.717) is 0 Å². The van der Waals surface area contributed by atoms with Gasteiger partial charge in [0.1, 0.15) is 5.01 Å². The molecule has 1 aliphatic rings. The summed E-state index contributed by atoms with van der Waals surface area (Å²) < 4.78 is 0. The second-order valence-electron chi connectivity index (χ2n) is 3.28. The molecule has 72 valence electrons. The lowest BCUT2D eigenvalue weighted by Gasteiger charge is -2.02. The second kappa shape index (κ2) is 4.02. The zero-order chi connectivity index (χ0) is 9.10. The van der Waals surface area contributed by atoms with Gasteiger partial charge in [-0.3, -0.25) is 0 Å². The molecule has 0 amide bonds. The van der Waals surface area contributed by atoms with Crippen LogP contribution in [-0.2, 0) is 0 Å². The topological polar surface area (TPSA) is 49.8 Å². The Morgan fingerprint density at radius 2 is 2.23 bits per heavy atom. The highest BCUT2D eigenvalue weighted by atomic mass is 32.1. The minimum atomic E-state index is 0.790. The largest absolute Gasteiger partial charge is 0.359 e. The molecule has 1 aliphatic carbocycles. The van der Waals surface area contributed by atoms with E-state index in [2.05, 4.69) is 20.8 Å². The average molecular weight is 198 g/mol. The first-order chi connectivity index (χ1) is 6.34. The van der Waals surface area contributed by atoms with Crippen molar-refractivity contribution in [3.05, 3.63) is 5.01 Å². The highest BCUT2D eigenvalue weighted by molar-refractivity contribution is 7.15. The van der Waals surface area contributed by atoms with Gasteiger partial charge in [-0.15, -0.1) is 10.2 Å². The first-order valence-corrected chi connectivity index (χ1v) is 5.43. The van der Waals surface area contributed by atoms with Crippen LogP contribution in [0.4, 0.5) is 5.13 Å². The van der Waals surface area contributed by atoms with E-state index >= 15 is 0 Å². The summed E-state index contributed by atoms with van der Waals surface area (Å²) in [5.41, 5.74) is 0. The fraction of sp³-hybridized carbons (Fsp3) is 0.750. The van der Waals surface area contributed by atoms with Gasteiger partial charge in [0.25, 0.3) is 0 Å². The summed E-state index contributed by atoms with van der Waals surface area (Å²) in [4.78, 5) is 0. The van der Waals surface area contributed by atoms with Crippen molar-refractivity contribution in [1.82, 2.24) is 15.5 Å². The summed E-state index contributed by atoms with van der Waals surface area (Å²) in [6.45, 7) is 3.92. The van der Waals surface area contributed by atoms with Crippen molar-refractivity contribution in [3.63, 3.8) is 0 Å². The third kappa shape index (κ3) is 2.93. The molecule has 13 heavy (non-hydrogen) atoms. The molecule has 2 N–H and O–H groups in total. The SMILES string of the molecule is Cc1nnc(NCCNC2CC2)s1. The summed E-state index contributed by atoms with van der Waals surface area (Å²) in [6.07, 6.45) is 2.69. The van der Waals surface area contributed by atoms with Crippen molar-refractivity contribution < 1.29 is 0 Å². The standard InChI is InChI=1S/C8H14N4S/c1-6-11-12-8(13-6)10-5-4-9-7-2-3-7/h7,9H,2-5H2,1H3,(H,10,12). The minimum absolute atomic E-state index is 0.790. The van der Waals surface area contributed by atoms with Crippen LogP contribution < -0.4 is 10.6 Å². The predicted octanol–water partition coefficient (Wildman–Crippen LogP) is 1.01. The fourth-order valence-electron chi connectivity index (χ4n) is 1.10. The zero-order valence-electron chi connectivity index (χ0n) is 7.71. The van der Waals surface area contributed by atoms with Gasteiger partial charge in [-0.2, -0.15) is 0 Å². The van der Waals surface area contributed by atoms with Gasteiger partial charge < -0.3 is 10.6 Å². The molecular formula is C8H14N4S. The Morgan fingerprint density at radius 1 is 1.38 bits per heavy atom. The molecule has 1 heterocycles. The lowest BCUT2D eigenvalue weighted by molar-refractivity contribution is 0.701. The van der Waals surface area contributed by atoms with Crippen molar-refractivity contribution in [3.8, 4) is 0 Å². The molecule has 0 aromatic carbocycles. The molecule has 0 atom stereocenters. The molecule has 2 rings (SSSR count). The Labute approximate surface area is 81.8 Å². The third-order valence-corrected chi connectivity index (χ3v) is 2.73. The van der Waals surface area contributed by atoms with Crippen molar-refractivity contribution in [2.24, 2.45) is 0 Å². The molecule has 0 aliphatic heterocycles. The van der Waals surface area contributed by atoms with Crippen LogP contribution in [0.1, 0.15) is 17.8 Å². The van der Waals surface area contributed by atoms with Gasteiger partial charge in [-0.1, -0.05) is 11.3 Å². The van der Waals surface area contributed by atoms with Gasteiger partial charge in [0.05, 0.1) is 0 Å². The average Bonchev–Trinajstić information content (AvgIpc) is 2.84. The maximum Gasteiger partial charge on any atom is 0.205 e. The number of aryl methyl sites for hydroxylation is 1. The Balaban J connectivity index is 1.61. The summed E-state index contributed by atoms with van der Waals surface area (Å²) in [7, 11) is 0. The zero-order valence-corrected chi connectivity index (χ0v) is 8.52. The van der Waals surface area contributed by atoms with E-state index < -0.39 is 0 Å². The van der Waals surface area contributed by atoms with E-state index in [1.807, 2.05) is 6.92 Å². The van der Waals surface area contributed by atoms with Crippen LogP contribution in [0.15, 0.2) is 0 Å². The van der Waals surface area contributed by atoms with Crippen LogP contribution in [0.2, 0.25) is 0 Å². The third-order valence-electron chi connectivity index (χ3n) is 1.94. The molecule has 1 aromatic heterocycles. The first kappa shape index (κ1) is 8.90. The van der Waals surface area contributed by atoms with Crippen molar-refractivity contribution in [1.29, 1.82) is 0 Å². The molecule has 1 fully saturated rings. The Morgan fingerprint density at radius 3 is 2.85 bits per heavy atom. The molecule has 0 saturated heterocycles. The molecule has 1 saturated carbocycles. The number of nitrogens with one attached hydrogen (secondary N) is 2. The fourth-order valence-corrected chi connectivity index (χ4v) is 1.72. The van der Waals surface area contributed by atoms with Crippen LogP contribution in [0, 0.1) is 6.92 Å². The maximum atomic E-state index is 3.98. The van der Waals surface area contributed by atoms with Gasteiger partial charge in [-0.05, 0) is 19.8 Å². The van der Waals surface area contributed by atoms with Crippen LogP contribution in [0.3, 0.4) is 0 Å². The van der Waals surface area contributed by atoms with E-state index in [-0.39, 0.29) is 0 Å². The molecule has 4 nitrogen and oxygen atoms in total. The Bertz CT molecular complexity index is 269. The van der Waals surface area contributed by atoms with E-state index in [1.54, 1.807) is 11.3 Å². The number of hydrogen-bond acceptors (Lipinski definition) is 5. The van der Waals surface area contributed by atoms with Crippen LogP contribution in [-0.4, -0.2) is 29.3 Å². The molecule has 0 radical (unpaired) electrons. The second-order valence-corrected chi connectivity index (χ2v) is 4.46. The van der Waals surface area contributed by atoms with E-state index in [9.17, 15) is 0 Å². The lowest BCUT2D eigenvalue weighted by atomic mass is 10.6. The number of rotatable bonds is 5. The van der Waals surface area contributed by atoms with Crippen LogP contribution >= 0.6 is 11.3 Å². The highest BCUT2D eigenvalue weighted by Gasteiger charge is 2.19. The Kier molecular flexibility index (Phi) is 2.75. The molecule has 0 unspecified atom stereocenters. The normalized spacial score (nSPS) is 16.1. The first-order valence-electron chi connectivity index (χ1n) is 4.62. The van der Waals surface area contributed by atoms with E-state index in [4.69, 9.17) is 0 Å². The molecule has 5 heteroatoms. The summed E-state index contributed by atoms with van der Waals surface area (Å²) >= 11 is 1.60. The number of hydrogen-bond donors (Lipinski definition) is 2. The number of aromatic nitrogens is 2. The van der Waals surface area contributed by atoms with Crippen LogP contribution in [0.5, 0.6) is 0 Å². The molecule has 0 bridgehead atoms. The van der Waals surface area contributed by atoms with Gasteiger partial charge >= 0.3 is 0 Å². The number of anilines is 1. The maximum absolute atomic E-state index is 3.98. The van der Waals surface area contributed by atoms with Gasteiger partial charge in [0, 0.05) is 19.1 Å². The van der Waals surface area contributed by atoms with Crippen molar-refractivity contribution >= 4 is 16.5 Å². The quantitative estimate of drug-likeness (QED) is 0.693. The summed E-state index contributed by atoms with van der Waals surface area (Å²) in [5, 5.41) is 16.5. The van der Waals surface area contributed by atoms with Crippen molar-refractivity contribution in [2.75, 3.05) is 18.4 Å². The smallest absolute Gasteiger partial charge is 0.205 e. The predicted molar refractivity (Wildman–Crippen MR) is 54.2 cm³/mol. The Hall–Kier alpha value is -0.680. The van der Waals surface area contributed by atoms with Crippen molar-refractivity contribution in [2.45, 2.75) is 25.8 Å². The van der Waals surface area contributed by atoms with E-state index in [1.165, 1.54) is 12.8 Å². The van der Waals surface area contributed by atoms with E-state index in [0.717, 1.165) is 29.3 Å².